The number of aromatic amines is 1. The van der Waals surface area contributed by atoms with Crippen molar-refractivity contribution in [3.05, 3.63) is 36.0 Å². The molecule has 0 aliphatic carbocycles. The number of rotatable bonds is 4. The minimum Gasteiger partial charge on any atom is -0.479 e. The van der Waals surface area contributed by atoms with Crippen molar-refractivity contribution in [2.75, 3.05) is 6.61 Å². The van der Waals surface area contributed by atoms with E-state index in [1.54, 1.807) is 12.3 Å². The van der Waals surface area contributed by atoms with Crippen molar-refractivity contribution < 1.29 is 19.5 Å². The molecule has 0 aliphatic rings. The van der Waals surface area contributed by atoms with Gasteiger partial charge in [0.25, 0.3) is 5.91 Å². The number of hydrogen-bond donors (Lipinski definition) is 3. The van der Waals surface area contributed by atoms with Crippen molar-refractivity contribution in [2.45, 2.75) is 0 Å². The van der Waals surface area contributed by atoms with Crippen LogP contribution in [-0.2, 0) is 9.63 Å². The summed E-state index contributed by atoms with van der Waals surface area (Å²) in [4.78, 5) is 29.3. The highest BCUT2D eigenvalue weighted by atomic mass is 16.7. The van der Waals surface area contributed by atoms with Gasteiger partial charge in [-0.3, -0.25) is 9.63 Å². The lowest BCUT2D eigenvalue weighted by molar-refractivity contribution is -0.144. The van der Waals surface area contributed by atoms with Crippen LogP contribution in [0.25, 0.3) is 10.9 Å². The first kappa shape index (κ1) is 11.2. The van der Waals surface area contributed by atoms with Gasteiger partial charge in [-0.25, -0.2) is 10.3 Å². The van der Waals surface area contributed by atoms with Gasteiger partial charge < -0.3 is 10.1 Å². The van der Waals surface area contributed by atoms with Gasteiger partial charge in [0.05, 0.1) is 5.56 Å². The summed E-state index contributed by atoms with van der Waals surface area (Å²) in [6, 6.07) is 7.29. The van der Waals surface area contributed by atoms with E-state index in [1.165, 1.54) is 0 Å². The summed E-state index contributed by atoms with van der Waals surface area (Å²) in [7, 11) is 0. The minimum absolute atomic E-state index is 0.408. The molecule has 1 heterocycles. The molecule has 0 fully saturated rings. The van der Waals surface area contributed by atoms with Gasteiger partial charge in [0, 0.05) is 17.1 Å². The second kappa shape index (κ2) is 4.67. The van der Waals surface area contributed by atoms with Crippen LogP contribution in [0, 0.1) is 0 Å². The van der Waals surface area contributed by atoms with E-state index in [-0.39, 0.29) is 0 Å². The third-order valence-corrected chi connectivity index (χ3v) is 2.19. The lowest BCUT2D eigenvalue weighted by Crippen LogP contribution is -2.26. The third-order valence-electron chi connectivity index (χ3n) is 2.19. The van der Waals surface area contributed by atoms with E-state index in [0.717, 1.165) is 10.9 Å². The Labute approximate surface area is 96.2 Å². The quantitative estimate of drug-likeness (QED) is 0.686. The Balaban J connectivity index is 2.11. The number of aliphatic carboxylic acids is 1. The zero-order valence-electron chi connectivity index (χ0n) is 8.77. The van der Waals surface area contributed by atoms with Crippen molar-refractivity contribution in [3.8, 4) is 0 Å². The fourth-order valence-corrected chi connectivity index (χ4v) is 1.48. The number of carboxylic acids is 1. The van der Waals surface area contributed by atoms with Gasteiger partial charge in [-0.1, -0.05) is 18.2 Å². The Morgan fingerprint density at radius 1 is 1.35 bits per heavy atom. The van der Waals surface area contributed by atoms with Crippen molar-refractivity contribution in [1.29, 1.82) is 0 Å². The van der Waals surface area contributed by atoms with Crippen LogP contribution in [0.3, 0.4) is 0 Å². The van der Waals surface area contributed by atoms with Crippen molar-refractivity contribution in [2.24, 2.45) is 0 Å². The van der Waals surface area contributed by atoms with Gasteiger partial charge in [-0.05, 0) is 6.07 Å². The Bertz CT molecular complexity index is 561. The summed E-state index contributed by atoms with van der Waals surface area (Å²) in [6.07, 6.45) is 1.55. The Morgan fingerprint density at radius 2 is 2.12 bits per heavy atom. The Morgan fingerprint density at radius 3 is 2.88 bits per heavy atom. The molecule has 0 unspecified atom stereocenters. The molecule has 6 heteroatoms. The van der Waals surface area contributed by atoms with Crippen molar-refractivity contribution >= 4 is 22.8 Å². The van der Waals surface area contributed by atoms with Gasteiger partial charge in [-0.2, -0.15) is 0 Å². The van der Waals surface area contributed by atoms with E-state index in [9.17, 15) is 9.59 Å². The summed E-state index contributed by atoms with van der Waals surface area (Å²) in [6.45, 7) is -0.575. The predicted molar refractivity (Wildman–Crippen MR) is 59.4 cm³/mol. The zero-order chi connectivity index (χ0) is 12.3. The molecule has 0 spiro atoms. The number of aromatic nitrogens is 1. The number of amides is 1. The number of fused-ring (bicyclic) bond motifs is 1. The number of nitrogens with one attached hydrogen (secondary N) is 2. The summed E-state index contributed by atoms with van der Waals surface area (Å²) in [5, 5.41) is 9.10. The molecule has 0 aliphatic heterocycles. The standard InChI is InChI=1S/C11H10N2O4/c14-10(15)6-17-13-11(16)8-5-12-9-4-2-1-3-7(8)9/h1-5,12H,6H2,(H,13,16)(H,14,15). The molecular formula is C11H10N2O4. The molecule has 1 amide bonds. The van der Waals surface area contributed by atoms with E-state index < -0.39 is 18.5 Å². The Kier molecular flexibility index (Phi) is 3.06. The van der Waals surface area contributed by atoms with Gasteiger partial charge in [0.15, 0.2) is 6.61 Å². The summed E-state index contributed by atoms with van der Waals surface area (Å²) in [5.74, 6) is -1.63. The molecular weight excluding hydrogens is 224 g/mol. The fourth-order valence-electron chi connectivity index (χ4n) is 1.48. The number of hydroxylamine groups is 1. The number of hydrogen-bond acceptors (Lipinski definition) is 3. The number of carboxylic acid groups (broad SMARTS) is 1. The highest BCUT2D eigenvalue weighted by molar-refractivity contribution is 6.06. The molecule has 0 saturated heterocycles. The number of carbonyl (C=O) groups is 2. The molecule has 6 nitrogen and oxygen atoms in total. The minimum atomic E-state index is -1.15. The molecule has 0 saturated carbocycles. The van der Waals surface area contributed by atoms with Gasteiger partial charge in [0.1, 0.15) is 0 Å². The zero-order valence-corrected chi connectivity index (χ0v) is 8.77. The largest absolute Gasteiger partial charge is 0.479 e. The molecule has 1 aromatic heterocycles. The van der Waals surface area contributed by atoms with E-state index in [0.29, 0.717) is 5.56 Å². The predicted octanol–water partition coefficient (Wildman–Crippen LogP) is 0.914. The molecule has 3 N–H and O–H groups in total. The molecule has 17 heavy (non-hydrogen) atoms. The SMILES string of the molecule is O=C(O)CONC(=O)c1c[nH]c2ccccc12. The smallest absolute Gasteiger partial charge is 0.332 e. The maximum atomic E-state index is 11.7. The van der Waals surface area contributed by atoms with Crippen LogP contribution in [0.5, 0.6) is 0 Å². The summed E-state index contributed by atoms with van der Waals surface area (Å²) in [5.41, 5.74) is 3.31. The van der Waals surface area contributed by atoms with Crippen LogP contribution < -0.4 is 5.48 Å². The number of benzene rings is 1. The first-order valence-corrected chi connectivity index (χ1v) is 4.88. The molecule has 2 aromatic rings. The number of para-hydroxylation sites is 1. The number of H-pyrrole nitrogens is 1. The molecule has 0 atom stereocenters. The first-order valence-electron chi connectivity index (χ1n) is 4.88. The lowest BCUT2D eigenvalue weighted by atomic mass is 10.2. The molecule has 1 aromatic carbocycles. The molecule has 2 rings (SSSR count). The fraction of sp³-hybridized carbons (Fsp3) is 0.0909. The average Bonchev–Trinajstić information content (AvgIpc) is 2.72. The van der Waals surface area contributed by atoms with Crippen LogP contribution >= 0.6 is 0 Å². The van der Waals surface area contributed by atoms with E-state index in [1.807, 2.05) is 18.2 Å². The molecule has 0 bridgehead atoms. The second-order valence-electron chi connectivity index (χ2n) is 3.36. The summed E-state index contributed by atoms with van der Waals surface area (Å²) < 4.78 is 0. The van der Waals surface area contributed by atoms with E-state index in [4.69, 9.17) is 5.11 Å². The van der Waals surface area contributed by atoms with Crippen LogP contribution in [0.4, 0.5) is 0 Å². The van der Waals surface area contributed by atoms with Gasteiger partial charge in [-0.15, -0.1) is 0 Å². The average molecular weight is 234 g/mol. The van der Waals surface area contributed by atoms with Crippen molar-refractivity contribution in [3.63, 3.8) is 0 Å². The maximum absolute atomic E-state index is 11.7. The van der Waals surface area contributed by atoms with Crippen molar-refractivity contribution in [1.82, 2.24) is 10.5 Å². The van der Waals surface area contributed by atoms with Crippen LogP contribution in [0.15, 0.2) is 30.5 Å². The maximum Gasteiger partial charge on any atom is 0.332 e. The van der Waals surface area contributed by atoms with E-state index >= 15 is 0 Å². The Hall–Kier alpha value is -2.34. The van der Waals surface area contributed by atoms with Crippen LogP contribution in [-0.4, -0.2) is 28.6 Å². The number of carbonyl (C=O) groups excluding carboxylic acids is 1. The summed E-state index contributed by atoms with van der Waals surface area (Å²) >= 11 is 0. The monoisotopic (exact) mass is 234 g/mol. The van der Waals surface area contributed by atoms with Crippen LogP contribution in [0.1, 0.15) is 10.4 Å². The van der Waals surface area contributed by atoms with E-state index in [2.05, 4.69) is 15.3 Å². The van der Waals surface area contributed by atoms with Crippen LogP contribution in [0.2, 0.25) is 0 Å². The molecule has 0 radical (unpaired) electrons. The first-order chi connectivity index (χ1) is 8.18. The van der Waals surface area contributed by atoms with Gasteiger partial charge in [0.2, 0.25) is 0 Å². The topological polar surface area (TPSA) is 91.4 Å². The normalized spacial score (nSPS) is 10.4. The lowest BCUT2D eigenvalue weighted by Gasteiger charge is -2.02. The van der Waals surface area contributed by atoms with Gasteiger partial charge >= 0.3 is 5.97 Å². The second-order valence-corrected chi connectivity index (χ2v) is 3.36. The third kappa shape index (κ3) is 2.43. The highest BCUT2D eigenvalue weighted by Gasteiger charge is 2.11. The molecule has 88 valence electrons. The highest BCUT2D eigenvalue weighted by Crippen LogP contribution is 2.17.